The fourth-order valence-corrected chi connectivity index (χ4v) is 2.47. The zero-order chi connectivity index (χ0) is 15.1. The third-order valence-corrected chi connectivity index (χ3v) is 3.62. The second kappa shape index (κ2) is 8.17. The van der Waals surface area contributed by atoms with Gasteiger partial charge in [0, 0.05) is 13.1 Å². The Bertz CT molecular complexity index is 558. The molecule has 0 aliphatic heterocycles. The minimum Gasteiger partial charge on any atom is -0.488 e. The molecule has 0 unspecified atom stereocenters. The second-order valence-corrected chi connectivity index (χ2v) is 5.87. The molecule has 2 N–H and O–H groups in total. The fourth-order valence-electron chi connectivity index (χ4n) is 1.93. The molecule has 0 aliphatic carbocycles. The van der Waals surface area contributed by atoms with Gasteiger partial charge in [-0.2, -0.15) is 0 Å². The molecule has 0 saturated carbocycles. The van der Waals surface area contributed by atoms with Crippen molar-refractivity contribution in [2.24, 2.45) is 0 Å². The van der Waals surface area contributed by atoms with Crippen molar-refractivity contribution >= 4 is 15.9 Å². The first kappa shape index (κ1) is 16.0. The van der Waals surface area contributed by atoms with E-state index in [-0.39, 0.29) is 6.10 Å². The molecule has 0 fully saturated rings. The van der Waals surface area contributed by atoms with E-state index in [4.69, 9.17) is 4.74 Å². The lowest BCUT2D eigenvalue weighted by molar-refractivity contribution is 0.191. The number of nitrogens with one attached hydrogen (secondary N) is 1. The summed E-state index contributed by atoms with van der Waals surface area (Å²) < 4.78 is 6.75. The lowest BCUT2D eigenvalue weighted by Gasteiger charge is -2.11. The molecule has 0 bridgehead atoms. The molecule has 112 valence electrons. The van der Waals surface area contributed by atoms with Crippen LogP contribution < -0.4 is 10.1 Å². The summed E-state index contributed by atoms with van der Waals surface area (Å²) in [7, 11) is 0. The molecular formula is C17H20BrNO2. The van der Waals surface area contributed by atoms with Crippen LogP contribution in [0.2, 0.25) is 0 Å². The highest BCUT2D eigenvalue weighted by Crippen LogP contribution is 2.26. The normalized spacial score (nSPS) is 12.1. The molecule has 2 rings (SSSR count). The first-order chi connectivity index (χ1) is 10.1. The van der Waals surface area contributed by atoms with Crippen LogP contribution in [-0.2, 0) is 13.2 Å². The Hall–Kier alpha value is -1.36. The maximum Gasteiger partial charge on any atom is 0.134 e. The van der Waals surface area contributed by atoms with Gasteiger partial charge in [-0.3, -0.25) is 0 Å². The van der Waals surface area contributed by atoms with Gasteiger partial charge >= 0.3 is 0 Å². The van der Waals surface area contributed by atoms with Crippen molar-refractivity contribution in [3.05, 3.63) is 64.1 Å². The Morgan fingerprint density at radius 2 is 1.90 bits per heavy atom. The second-order valence-electron chi connectivity index (χ2n) is 5.02. The van der Waals surface area contributed by atoms with Crippen LogP contribution in [-0.4, -0.2) is 17.8 Å². The van der Waals surface area contributed by atoms with Gasteiger partial charge in [0.05, 0.1) is 10.6 Å². The molecule has 0 saturated heterocycles. The van der Waals surface area contributed by atoms with E-state index in [1.54, 1.807) is 6.92 Å². The van der Waals surface area contributed by atoms with Crippen molar-refractivity contribution in [3.63, 3.8) is 0 Å². The Kier molecular flexibility index (Phi) is 6.23. The van der Waals surface area contributed by atoms with Crippen LogP contribution in [0.3, 0.4) is 0 Å². The highest BCUT2D eigenvalue weighted by Gasteiger charge is 2.04. The number of hydrogen-bond acceptors (Lipinski definition) is 3. The van der Waals surface area contributed by atoms with Crippen LogP contribution in [0.1, 0.15) is 18.1 Å². The van der Waals surface area contributed by atoms with Gasteiger partial charge in [0.1, 0.15) is 12.4 Å². The third kappa shape index (κ3) is 5.50. The Balaban J connectivity index is 1.90. The van der Waals surface area contributed by atoms with Gasteiger partial charge in [-0.05, 0) is 46.1 Å². The van der Waals surface area contributed by atoms with E-state index in [1.165, 1.54) is 0 Å². The minimum absolute atomic E-state index is 0.332. The molecule has 4 heteroatoms. The first-order valence-corrected chi connectivity index (χ1v) is 7.78. The summed E-state index contributed by atoms with van der Waals surface area (Å²) in [6, 6.07) is 16.1. The maximum absolute atomic E-state index is 9.22. The molecule has 0 heterocycles. The van der Waals surface area contributed by atoms with Gasteiger partial charge in [0.2, 0.25) is 0 Å². The van der Waals surface area contributed by atoms with Gasteiger partial charge in [0.15, 0.2) is 0 Å². The van der Waals surface area contributed by atoms with Gasteiger partial charge in [-0.15, -0.1) is 0 Å². The van der Waals surface area contributed by atoms with Crippen LogP contribution in [0, 0.1) is 0 Å². The Morgan fingerprint density at radius 3 is 2.57 bits per heavy atom. The maximum atomic E-state index is 9.22. The summed E-state index contributed by atoms with van der Waals surface area (Å²) >= 11 is 3.54. The first-order valence-electron chi connectivity index (χ1n) is 6.99. The molecule has 0 aliphatic rings. The zero-order valence-corrected chi connectivity index (χ0v) is 13.6. The SMILES string of the molecule is C[C@@H](O)CNCc1ccc(OCc2ccccc2)c(Br)c1. The zero-order valence-electron chi connectivity index (χ0n) is 12.1. The number of hydrogen-bond donors (Lipinski definition) is 2. The van der Waals surface area contributed by atoms with Gasteiger partial charge in [0.25, 0.3) is 0 Å². The minimum atomic E-state index is -0.332. The van der Waals surface area contributed by atoms with E-state index in [9.17, 15) is 5.11 Å². The molecule has 0 amide bonds. The quantitative estimate of drug-likeness (QED) is 0.803. The van der Waals surface area contributed by atoms with E-state index in [0.717, 1.165) is 27.9 Å². The number of rotatable bonds is 7. The predicted octanol–water partition coefficient (Wildman–Crippen LogP) is 3.50. The predicted molar refractivity (Wildman–Crippen MR) is 88.3 cm³/mol. The summed E-state index contributed by atoms with van der Waals surface area (Å²) in [5, 5.41) is 12.4. The number of aliphatic hydroxyl groups excluding tert-OH is 1. The molecule has 21 heavy (non-hydrogen) atoms. The molecule has 0 spiro atoms. The summed E-state index contributed by atoms with van der Waals surface area (Å²) in [6.07, 6.45) is -0.332. The third-order valence-electron chi connectivity index (χ3n) is 3.00. The van der Waals surface area contributed by atoms with Gasteiger partial charge in [-0.25, -0.2) is 0 Å². The molecule has 2 aromatic carbocycles. The number of aliphatic hydroxyl groups is 1. The monoisotopic (exact) mass is 349 g/mol. The highest BCUT2D eigenvalue weighted by atomic mass is 79.9. The van der Waals surface area contributed by atoms with E-state index in [1.807, 2.05) is 48.5 Å². The van der Waals surface area contributed by atoms with Crippen LogP contribution in [0.15, 0.2) is 53.0 Å². The smallest absolute Gasteiger partial charge is 0.134 e. The van der Waals surface area contributed by atoms with Crippen molar-refractivity contribution in [1.82, 2.24) is 5.32 Å². The Morgan fingerprint density at radius 1 is 1.14 bits per heavy atom. The fraction of sp³-hybridized carbons (Fsp3) is 0.294. The van der Waals surface area contributed by atoms with Crippen molar-refractivity contribution in [3.8, 4) is 5.75 Å². The van der Waals surface area contributed by atoms with Gasteiger partial charge < -0.3 is 15.2 Å². The summed E-state index contributed by atoms with van der Waals surface area (Å²) in [5.41, 5.74) is 2.29. The lowest BCUT2D eigenvalue weighted by atomic mass is 10.2. The van der Waals surface area contributed by atoms with Crippen molar-refractivity contribution in [1.29, 1.82) is 0 Å². The summed E-state index contributed by atoms with van der Waals surface area (Å²) in [5.74, 6) is 0.832. The topological polar surface area (TPSA) is 41.5 Å². The van der Waals surface area contributed by atoms with E-state index < -0.39 is 0 Å². The van der Waals surface area contributed by atoms with E-state index >= 15 is 0 Å². The molecular weight excluding hydrogens is 330 g/mol. The van der Waals surface area contributed by atoms with Crippen LogP contribution >= 0.6 is 15.9 Å². The van der Waals surface area contributed by atoms with E-state index in [2.05, 4.69) is 21.2 Å². The van der Waals surface area contributed by atoms with Crippen LogP contribution in [0.4, 0.5) is 0 Å². The highest BCUT2D eigenvalue weighted by molar-refractivity contribution is 9.10. The number of ether oxygens (including phenoxy) is 1. The van der Waals surface area contributed by atoms with Crippen molar-refractivity contribution in [2.75, 3.05) is 6.54 Å². The number of benzene rings is 2. The standard InChI is InChI=1S/C17H20BrNO2/c1-13(20)10-19-11-15-7-8-17(16(18)9-15)21-12-14-5-3-2-4-6-14/h2-9,13,19-20H,10-12H2,1H3/t13-/m1/s1. The molecule has 1 atom stereocenters. The van der Waals surface area contributed by atoms with Crippen LogP contribution in [0.5, 0.6) is 5.75 Å². The van der Waals surface area contributed by atoms with Crippen molar-refractivity contribution in [2.45, 2.75) is 26.2 Å². The Labute approximate surface area is 134 Å². The summed E-state index contributed by atoms with van der Waals surface area (Å²) in [6.45, 7) is 3.63. The lowest BCUT2D eigenvalue weighted by Crippen LogP contribution is -2.23. The molecule has 3 nitrogen and oxygen atoms in total. The summed E-state index contributed by atoms with van der Waals surface area (Å²) in [4.78, 5) is 0. The molecule has 2 aromatic rings. The molecule has 0 aromatic heterocycles. The van der Waals surface area contributed by atoms with Gasteiger partial charge in [-0.1, -0.05) is 36.4 Å². The average molecular weight is 350 g/mol. The van der Waals surface area contributed by atoms with Crippen LogP contribution in [0.25, 0.3) is 0 Å². The molecule has 0 radical (unpaired) electrons. The number of halogens is 1. The largest absolute Gasteiger partial charge is 0.488 e. The van der Waals surface area contributed by atoms with Crippen molar-refractivity contribution < 1.29 is 9.84 Å². The average Bonchev–Trinajstić information content (AvgIpc) is 2.47. The van der Waals surface area contributed by atoms with E-state index in [0.29, 0.717) is 13.2 Å².